The second kappa shape index (κ2) is 7.00. The molecule has 1 amide bonds. The maximum atomic E-state index is 12.7. The summed E-state index contributed by atoms with van der Waals surface area (Å²) in [5, 5.41) is 4.49. The molecule has 7 heteroatoms. The Morgan fingerprint density at radius 1 is 1.24 bits per heavy atom. The number of carbonyl (C=O) groups is 1. The minimum Gasteiger partial charge on any atom is -0.447 e. The molecule has 7 nitrogen and oxygen atoms in total. The molecule has 3 rings (SSSR count). The van der Waals surface area contributed by atoms with Gasteiger partial charge in [0.2, 0.25) is 0 Å². The number of carbonyl (C=O) groups excluding carboxylic acids is 1. The normalized spacial score (nSPS) is 16.0. The molecule has 1 aliphatic rings. The first kappa shape index (κ1) is 17.7. The van der Waals surface area contributed by atoms with Crippen molar-refractivity contribution >= 4 is 5.91 Å². The van der Waals surface area contributed by atoms with Gasteiger partial charge < -0.3 is 9.32 Å². The van der Waals surface area contributed by atoms with Crippen LogP contribution in [0.15, 0.2) is 10.8 Å². The van der Waals surface area contributed by atoms with Crippen LogP contribution in [0.2, 0.25) is 0 Å². The lowest BCUT2D eigenvalue weighted by Crippen LogP contribution is -2.48. The summed E-state index contributed by atoms with van der Waals surface area (Å²) in [6.45, 7) is 12.2. The molecule has 136 valence electrons. The minimum atomic E-state index is -0.0224. The summed E-state index contributed by atoms with van der Waals surface area (Å²) < 4.78 is 7.32. The molecule has 0 saturated carbocycles. The van der Waals surface area contributed by atoms with E-state index in [-0.39, 0.29) is 11.8 Å². The fourth-order valence-electron chi connectivity index (χ4n) is 3.35. The lowest BCUT2D eigenvalue weighted by molar-refractivity contribution is 0.0620. The molecule has 2 aromatic heterocycles. The average Bonchev–Trinajstić information content (AvgIpc) is 3.16. The Labute approximate surface area is 148 Å². The van der Waals surface area contributed by atoms with Gasteiger partial charge in [-0.2, -0.15) is 5.10 Å². The highest BCUT2D eigenvalue weighted by molar-refractivity contribution is 5.93. The van der Waals surface area contributed by atoms with Gasteiger partial charge in [-0.05, 0) is 13.8 Å². The quantitative estimate of drug-likeness (QED) is 0.849. The van der Waals surface area contributed by atoms with Crippen molar-refractivity contribution < 1.29 is 9.21 Å². The zero-order chi connectivity index (χ0) is 18.1. The van der Waals surface area contributed by atoms with E-state index in [1.165, 1.54) is 17.7 Å². The van der Waals surface area contributed by atoms with E-state index >= 15 is 0 Å². The molecule has 0 aliphatic carbocycles. The van der Waals surface area contributed by atoms with E-state index in [9.17, 15) is 4.79 Å². The highest BCUT2D eigenvalue weighted by Gasteiger charge is 2.27. The van der Waals surface area contributed by atoms with Crippen LogP contribution in [0.3, 0.4) is 0 Å². The van der Waals surface area contributed by atoms with E-state index in [2.05, 4.69) is 28.8 Å². The fourth-order valence-corrected chi connectivity index (χ4v) is 3.35. The molecule has 0 aromatic carbocycles. The van der Waals surface area contributed by atoms with Crippen molar-refractivity contribution in [1.29, 1.82) is 0 Å². The number of hydrogen-bond acceptors (Lipinski definition) is 5. The summed E-state index contributed by atoms with van der Waals surface area (Å²) in [4.78, 5) is 21.1. The first-order chi connectivity index (χ1) is 11.9. The van der Waals surface area contributed by atoms with Crippen molar-refractivity contribution in [1.82, 2.24) is 24.6 Å². The van der Waals surface area contributed by atoms with Crippen LogP contribution in [-0.2, 0) is 13.6 Å². The maximum Gasteiger partial charge on any atom is 0.276 e. The van der Waals surface area contributed by atoms with Crippen LogP contribution < -0.4 is 0 Å². The maximum absolute atomic E-state index is 12.7. The Morgan fingerprint density at radius 2 is 1.92 bits per heavy atom. The average molecular weight is 345 g/mol. The third-order valence-electron chi connectivity index (χ3n) is 5.02. The topological polar surface area (TPSA) is 67.4 Å². The third-order valence-corrected chi connectivity index (χ3v) is 5.02. The Kier molecular flexibility index (Phi) is 4.94. The van der Waals surface area contributed by atoms with E-state index in [0.29, 0.717) is 24.5 Å². The van der Waals surface area contributed by atoms with Crippen molar-refractivity contribution in [2.45, 2.75) is 40.2 Å². The number of aromatic nitrogens is 3. The summed E-state index contributed by atoms with van der Waals surface area (Å²) >= 11 is 0. The molecule has 0 unspecified atom stereocenters. The fraction of sp³-hybridized carbons (Fsp3) is 0.611. The predicted octanol–water partition coefficient (Wildman–Crippen LogP) is 2.11. The molecular formula is C18H27N5O2. The van der Waals surface area contributed by atoms with Gasteiger partial charge in [0.05, 0.1) is 5.69 Å². The number of aryl methyl sites for hydroxylation is 2. The third kappa shape index (κ3) is 3.46. The van der Waals surface area contributed by atoms with Gasteiger partial charge in [0.15, 0.2) is 12.1 Å². The van der Waals surface area contributed by atoms with E-state index in [0.717, 1.165) is 25.3 Å². The molecule has 0 bridgehead atoms. The van der Waals surface area contributed by atoms with E-state index in [4.69, 9.17) is 4.42 Å². The van der Waals surface area contributed by atoms with Crippen LogP contribution in [0.5, 0.6) is 0 Å². The second-order valence-electron chi connectivity index (χ2n) is 7.06. The van der Waals surface area contributed by atoms with Gasteiger partial charge in [-0.1, -0.05) is 13.8 Å². The SMILES string of the molecule is Cc1nn(C)c(C)c1CN1CCN(C(=O)c2ncoc2C(C)C)CC1. The lowest BCUT2D eigenvalue weighted by atomic mass is 10.1. The summed E-state index contributed by atoms with van der Waals surface area (Å²) in [7, 11) is 1.98. The molecule has 0 radical (unpaired) electrons. The first-order valence-electron chi connectivity index (χ1n) is 8.82. The van der Waals surface area contributed by atoms with Gasteiger partial charge in [0, 0.05) is 56.9 Å². The van der Waals surface area contributed by atoms with E-state index in [1.54, 1.807) is 0 Å². The zero-order valence-corrected chi connectivity index (χ0v) is 15.7. The largest absolute Gasteiger partial charge is 0.447 e. The van der Waals surface area contributed by atoms with Crippen LogP contribution in [0.25, 0.3) is 0 Å². The molecule has 3 heterocycles. The van der Waals surface area contributed by atoms with Crippen LogP contribution in [-0.4, -0.2) is 56.7 Å². The highest BCUT2D eigenvalue weighted by atomic mass is 16.3. The molecule has 0 N–H and O–H groups in total. The second-order valence-corrected chi connectivity index (χ2v) is 7.06. The van der Waals surface area contributed by atoms with Gasteiger partial charge in [-0.3, -0.25) is 14.4 Å². The minimum absolute atomic E-state index is 0.0224. The molecule has 1 fully saturated rings. The van der Waals surface area contributed by atoms with Gasteiger partial charge >= 0.3 is 0 Å². The summed E-state index contributed by atoms with van der Waals surface area (Å²) in [5.74, 6) is 0.805. The summed E-state index contributed by atoms with van der Waals surface area (Å²) in [5.41, 5.74) is 4.05. The van der Waals surface area contributed by atoms with E-state index < -0.39 is 0 Å². The van der Waals surface area contributed by atoms with Crippen LogP contribution >= 0.6 is 0 Å². The number of nitrogens with zero attached hydrogens (tertiary/aromatic N) is 5. The molecule has 1 saturated heterocycles. The molecule has 0 spiro atoms. The van der Waals surface area contributed by atoms with Gasteiger partial charge in [0.1, 0.15) is 5.76 Å². The van der Waals surface area contributed by atoms with Crippen molar-refractivity contribution in [3.63, 3.8) is 0 Å². The summed E-state index contributed by atoms with van der Waals surface area (Å²) in [6.07, 6.45) is 1.37. The van der Waals surface area contributed by atoms with Gasteiger partial charge in [0.25, 0.3) is 5.91 Å². The van der Waals surface area contributed by atoms with Crippen molar-refractivity contribution in [2.75, 3.05) is 26.2 Å². The molecular weight excluding hydrogens is 318 g/mol. The summed E-state index contributed by atoms with van der Waals surface area (Å²) in [6, 6.07) is 0. The predicted molar refractivity (Wildman–Crippen MR) is 94.5 cm³/mol. The van der Waals surface area contributed by atoms with Crippen LogP contribution in [0.4, 0.5) is 0 Å². The first-order valence-corrected chi connectivity index (χ1v) is 8.82. The van der Waals surface area contributed by atoms with Gasteiger partial charge in [-0.15, -0.1) is 0 Å². The van der Waals surface area contributed by atoms with Crippen molar-refractivity contribution in [3.8, 4) is 0 Å². The Hall–Kier alpha value is -2.15. The van der Waals surface area contributed by atoms with Crippen molar-refractivity contribution in [2.24, 2.45) is 7.05 Å². The Morgan fingerprint density at radius 3 is 2.48 bits per heavy atom. The lowest BCUT2D eigenvalue weighted by Gasteiger charge is -2.34. The number of oxazole rings is 1. The molecule has 1 aliphatic heterocycles. The standard InChI is InChI=1S/C18H27N5O2/c1-12(2)17-16(19-11-25-17)18(24)23-8-6-22(7-9-23)10-15-13(3)20-21(5)14(15)4/h11-12H,6-10H2,1-5H3. The Balaban J connectivity index is 1.62. The molecule has 0 atom stereocenters. The highest BCUT2D eigenvalue weighted by Crippen LogP contribution is 2.21. The number of piperazine rings is 1. The zero-order valence-electron chi connectivity index (χ0n) is 15.7. The number of amides is 1. The van der Waals surface area contributed by atoms with Crippen LogP contribution in [0.1, 0.15) is 53.0 Å². The molecule has 25 heavy (non-hydrogen) atoms. The van der Waals surface area contributed by atoms with Crippen molar-refractivity contribution in [3.05, 3.63) is 34.8 Å². The number of hydrogen-bond donors (Lipinski definition) is 0. The Bertz CT molecular complexity index is 754. The smallest absolute Gasteiger partial charge is 0.276 e. The van der Waals surface area contributed by atoms with E-state index in [1.807, 2.05) is 30.5 Å². The number of rotatable bonds is 4. The molecule has 2 aromatic rings. The monoisotopic (exact) mass is 345 g/mol. The van der Waals surface area contributed by atoms with Gasteiger partial charge in [-0.25, -0.2) is 4.98 Å². The van der Waals surface area contributed by atoms with Crippen LogP contribution in [0, 0.1) is 13.8 Å².